The number of nitrogens with zero attached hydrogens (tertiary/aromatic N) is 1. The van der Waals surface area contributed by atoms with Crippen LogP contribution in [0.1, 0.15) is 50.1 Å². The van der Waals surface area contributed by atoms with E-state index in [1.165, 1.54) is 18.3 Å². The van der Waals surface area contributed by atoms with Crippen molar-refractivity contribution in [3.05, 3.63) is 68.4 Å². The zero-order valence-corrected chi connectivity index (χ0v) is 16.6. The van der Waals surface area contributed by atoms with Crippen LogP contribution in [0.25, 0.3) is 0 Å². The van der Waals surface area contributed by atoms with Crippen LogP contribution in [0.4, 0.5) is 0 Å². The lowest BCUT2D eigenvalue weighted by Gasteiger charge is -2.29. The molecule has 2 rings (SSSR count). The van der Waals surface area contributed by atoms with Gasteiger partial charge in [0.05, 0.1) is 5.92 Å². The fourth-order valence-corrected chi connectivity index (χ4v) is 3.92. The number of nitro groups is 1. The average molecular weight is 389 g/mol. The van der Waals surface area contributed by atoms with E-state index in [4.69, 9.17) is 4.74 Å². The molecule has 0 spiro atoms. The Bertz CT molecular complexity index is 796. The molecule has 7 heteroatoms. The average Bonchev–Trinajstić information content (AvgIpc) is 3.06. The first-order chi connectivity index (χ1) is 12.6. The largest absolute Gasteiger partial charge is 0.459 e. The molecular formula is C20H23NO5S. The smallest absolute Gasteiger partial charge is 0.317 e. The first kappa shape index (κ1) is 20.8. The molecule has 0 radical (unpaired) electrons. The van der Waals surface area contributed by atoms with E-state index in [1.54, 1.807) is 68.6 Å². The SMILES string of the molecule is CC(=O)[C@@H](C(=O)OC(C)(C)C)[C@H](c1cccs1)[C@@H](c1ccccc1)[N+](=O)[O-]. The summed E-state index contributed by atoms with van der Waals surface area (Å²) in [5.74, 6) is -3.41. The first-order valence-electron chi connectivity index (χ1n) is 8.57. The minimum absolute atomic E-state index is 0.431. The lowest BCUT2D eigenvalue weighted by Crippen LogP contribution is -2.38. The number of hydrogen-bond donors (Lipinski definition) is 0. The molecule has 2 aromatic rings. The van der Waals surface area contributed by atoms with Crippen LogP contribution >= 0.6 is 11.3 Å². The maximum Gasteiger partial charge on any atom is 0.317 e. The van der Waals surface area contributed by atoms with Crippen LogP contribution in [-0.4, -0.2) is 22.3 Å². The molecule has 0 amide bonds. The van der Waals surface area contributed by atoms with Gasteiger partial charge < -0.3 is 4.74 Å². The molecule has 1 aromatic heterocycles. The van der Waals surface area contributed by atoms with Gasteiger partial charge in [-0.1, -0.05) is 36.4 Å². The van der Waals surface area contributed by atoms with Gasteiger partial charge in [0.2, 0.25) is 6.04 Å². The van der Waals surface area contributed by atoms with Crippen molar-refractivity contribution in [3.8, 4) is 0 Å². The Morgan fingerprint density at radius 2 is 1.74 bits per heavy atom. The number of Topliss-reactive ketones (excluding diaryl/α,β-unsaturated/α-hetero) is 1. The molecule has 0 N–H and O–H groups in total. The van der Waals surface area contributed by atoms with Crippen LogP contribution in [0, 0.1) is 16.0 Å². The van der Waals surface area contributed by atoms with Gasteiger partial charge in [-0.25, -0.2) is 0 Å². The Kier molecular flexibility index (Phi) is 6.49. The second-order valence-corrected chi connectivity index (χ2v) is 8.28. The summed E-state index contributed by atoms with van der Waals surface area (Å²) in [7, 11) is 0. The number of ketones is 1. The molecule has 0 saturated carbocycles. The molecule has 0 aliphatic heterocycles. The standard InChI is InChI=1S/C20H23NO5S/c1-13(22)16(19(23)26-20(2,3)4)17(15-11-8-12-27-15)18(21(24)25)14-9-6-5-7-10-14/h5-12,16-18H,1-4H3/t16-,17+,18-/m1/s1. The van der Waals surface area contributed by atoms with Gasteiger partial charge in [0, 0.05) is 15.4 Å². The van der Waals surface area contributed by atoms with Crippen LogP contribution in [-0.2, 0) is 14.3 Å². The monoisotopic (exact) mass is 389 g/mol. The molecule has 6 nitrogen and oxygen atoms in total. The summed E-state index contributed by atoms with van der Waals surface area (Å²) in [6, 6.07) is 10.7. The van der Waals surface area contributed by atoms with Crippen molar-refractivity contribution in [1.29, 1.82) is 0 Å². The van der Waals surface area contributed by atoms with E-state index in [-0.39, 0.29) is 0 Å². The molecule has 0 fully saturated rings. The number of rotatable bonds is 7. The molecule has 3 atom stereocenters. The summed E-state index contributed by atoms with van der Waals surface area (Å²) in [6.45, 7) is 6.37. The van der Waals surface area contributed by atoms with E-state index in [0.717, 1.165) is 0 Å². The van der Waals surface area contributed by atoms with E-state index in [0.29, 0.717) is 10.4 Å². The quantitative estimate of drug-likeness (QED) is 0.303. The first-order valence-corrected chi connectivity index (χ1v) is 9.45. The summed E-state index contributed by atoms with van der Waals surface area (Å²) >= 11 is 1.29. The van der Waals surface area contributed by atoms with Gasteiger partial charge in [-0.3, -0.25) is 19.7 Å². The molecule has 144 valence electrons. The van der Waals surface area contributed by atoms with Crippen molar-refractivity contribution in [2.75, 3.05) is 0 Å². The highest BCUT2D eigenvalue weighted by Crippen LogP contribution is 2.42. The van der Waals surface area contributed by atoms with Crippen LogP contribution in [0.3, 0.4) is 0 Å². The molecule has 0 aliphatic rings. The minimum atomic E-state index is -1.27. The fraction of sp³-hybridized carbons (Fsp3) is 0.400. The van der Waals surface area contributed by atoms with Crippen molar-refractivity contribution in [3.63, 3.8) is 0 Å². The van der Waals surface area contributed by atoms with Crippen LogP contribution in [0.2, 0.25) is 0 Å². The van der Waals surface area contributed by atoms with E-state index in [9.17, 15) is 19.7 Å². The van der Waals surface area contributed by atoms with Crippen molar-refractivity contribution in [2.45, 2.75) is 45.3 Å². The Morgan fingerprint density at radius 3 is 2.19 bits per heavy atom. The maximum atomic E-state index is 12.8. The van der Waals surface area contributed by atoms with Crippen LogP contribution in [0.15, 0.2) is 47.8 Å². The van der Waals surface area contributed by atoms with Gasteiger partial charge in [-0.15, -0.1) is 11.3 Å². The predicted molar refractivity (Wildman–Crippen MR) is 103 cm³/mol. The maximum absolute atomic E-state index is 12.8. The second kappa shape index (κ2) is 8.43. The number of benzene rings is 1. The summed E-state index contributed by atoms with van der Waals surface area (Å²) in [5.41, 5.74) is -0.363. The van der Waals surface area contributed by atoms with Gasteiger partial charge in [-0.05, 0) is 39.1 Å². The number of ether oxygens (including phenoxy) is 1. The van der Waals surface area contributed by atoms with Gasteiger partial charge >= 0.3 is 5.97 Å². The third kappa shape index (κ3) is 5.23. The third-order valence-corrected chi connectivity index (χ3v) is 5.01. The fourth-order valence-electron chi connectivity index (χ4n) is 3.02. The minimum Gasteiger partial charge on any atom is -0.459 e. The molecule has 27 heavy (non-hydrogen) atoms. The second-order valence-electron chi connectivity index (χ2n) is 7.30. The Hall–Kier alpha value is -2.54. The summed E-state index contributed by atoms with van der Waals surface area (Å²) in [5, 5.41) is 13.8. The highest BCUT2D eigenvalue weighted by molar-refractivity contribution is 7.10. The Balaban J connectivity index is 2.59. The van der Waals surface area contributed by atoms with Gasteiger partial charge in [0.25, 0.3) is 0 Å². The molecule has 0 unspecified atom stereocenters. The molecule has 0 saturated heterocycles. The van der Waals surface area contributed by atoms with Crippen molar-refractivity contribution < 1.29 is 19.2 Å². The number of esters is 1. The Morgan fingerprint density at radius 1 is 1.11 bits per heavy atom. The van der Waals surface area contributed by atoms with E-state index >= 15 is 0 Å². The predicted octanol–water partition coefficient (Wildman–Crippen LogP) is 4.40. The zero-order chi connectivity index (χ0) is 20.2. The van der Waals surface area contributed by atoms with Gasteiger partial charge in [-0.2, -0.15) is 0 Å². The van der Waals surface area contributed by atoms with Gasteiger partial charge in [0.15, 0.2) is 0 Å². The van der Waals surface area contributed by atoms with E-state index < -0.39 is 40.2 Å². The lowest BCUT2D eigenvalue weighted by molar-refractivity contribution is -0.534. The molecule has 1 aromatic carbocycles. The molecular weight excluding hydrogens is 366 g/mol. The van der Waals surface area contributed by atoms with Crippen molar-refractivity contribution in [2.24, 2.45) is 5.92 Å². The highest BCUT2D eigenvalue weighted by atomic mass is 32.1. The molecule has 0 aliphatic carbocycles. The zero-order valence-electron chi connectivity index (χ0n) is 15.7. The highest BCUT2D eigenvalue weighted by Gasteiger charge is 2.47. The van der Waals surface area contributed by atoms with E-state index in [1.807, 2.05) is 0 Å². The number of hydrogen-bond acceptors (Lipinski definition) is 6. The number of thiophene rings is 1. The third-order valence-electron chi connectivity index (χ3n) is 4.04. The number of carbonyl (C=O) groups excluding carboxylic acids is 2. The number of carbonyl (C=O) groups is 2. The lowest BCUT2D eigenvalue weighted by atomic mass is 9.79. The summed E-state index contributed by atoms with van der Waals surface area (Å²) in [6.07, 6.45) is 0. The normalized spacial score (nSPS) is 14.8. The summed E-state index contributed by atoms with van der Waals surface area (Å²) in [4.78, 5) is 37.5. The molecule has 0 bridgehead atoms. The topological polar surface area (TPSA) is 86.5 Å². The van der Waals surface area contributed by atoms with Crippen LogP contribution in [0.5, 0.6) is 0 Å². The van der Waals surface area contributed by atoms with Gasteiger partial charge in [0.1, 0.15) is 17.3 Å². The Labute approximate surface area is 162 Å². The van der Waals surface area contributed by atoms with E-state index in [2.05, 4.69) is 0 Å². The van der Waals surface area contributed by atoms with Crippen molar-refractivity contribution in [1.82, 2.24) is 0 Å². The molecule has 1 heterocycles. The summed E-state index contributed by atoms with van der Waals surface area (Å²) < 4.78 is 5.43. The van der Waals surface area contributed by atoms with Crippen LogP contribution < -0.4 is 0 Å². The van der Waals surface area contributed by atoms with Crippen molar-refractivity contribution >= 4 is 23.1 Å².